The average molecular weight is 732 g/mol. The van der Waals surface area contributed by atoms with Crippen molar-refractivity contribution in [3.8, 4) is 0 Å². The van der Waals surface area contributed by atoms with E-state index in [1.165, 1.54) is 64.2 Å². The van der Waals surface area contributed by atoms with Crippen molar-refractivity contribution in [1.29, 1.82) is 0 Å². The lowest BCUT2D eigenvalue weighted by molar-refractivity contribution is -0.161. The molecule has 0 radical (unpaired) electrons. The summed E-state index contributed by atoms with van der Waals surface area (Å²) in [6.07, 6.45) is 32.4. The van der Waals surface area contributed by atoms with Crippen LogP contribution < -0.4 is 5.73 Å². The molecular formula is C39H74NO9P. The van der Waals surface area contributed by atoms with Crippen molar-refractivity contribution < 1.29 is 42.7 Å². The summed E-state index contributed by atoms with van der Waals surface area (Å²) in [6, 6.07) is 0. The van der Waals surface area contributed by atoms with Crippen LogP contribution in [-0.4, -0.2) is 60.5 Å². The molecule has 3 unspecified atom stereocenters. The topological polar surface area (TPSA) is 155 Å². The van der Waals surface area contributed by atoms with E-state index in [0.29, 0.717) is 6.42 Å². The number of phosphoric ester groups is 1. The molecule has 0 fully saturated rings. The van der Waals surface area contributed by atoms with Crippen molar-refractivity contribution in [2.75, 3.05) is 26.4 Å². The Kier molecular flexibility index (Phi) is 34.7. The van der Waals surface area contributed by atoms with Gasteiger partial charge in [-0.15, -0.1) is 0 Å². The van der Waals surface area contributed by atoms with Gasteiger partial charge in [0.25, 0.3) is 0 Å². The normalized spacial score (nSPS) is 14.3. The summed E-state index contributed by atoms with van der Waals surface area (Å²) in [5.41, 5.74) is 5.33. The van der Waals surface area contributed by atoms with Crippen LogP contribution in [0.15, 0.2) is 24.3 Å². The molecule has 11 heteroatoms. The molecule has 0 amide bonds. The van der Waals surface area contributed by atoms with Gasteiger partial charge in [-0.2, -0.15) is 0 Å². The van der Waals surface area contributed by atoms with Gasteiger partial charge >= 0.3 is 19.8 Å². The van der Waals surface area contributed by atoms with Gasteiger partial charge in [0, 0.05) is 19.4 Å². The van der Waals surface area contributed by atoms with E-state index < -0.39 is 32.5 Å². The number of nitrogens with two attached hydrogens (primary N) is 1. The van der Waals surface area contributed by atoms with E-state index in [0.717, 1.165) is 77.0 Å². The van der Waals surface area contributed by atoms with Crippen LogP contribution in [0.4, 0.5) is 0 Å². The highest BCUT2D eigenvalue weighted by Gasteiger charge is 2.26. The zero-order valence-electron chi connectivity index (χ0n) is 31.7. The smallest absolute Gasteiger partial charge is 0.462 e. The molecule has 0 aliphatic carbocycles. The first kappa shape index (κ1) is 48.5. The summed E-state index contributed by atoms with van der Waals surface area (Å²) in [7, 11) is -4.39. The maximum Gasteiger partial charge on any atom is 0.472 e. The second-order valence-corrected chi connectivity index (χ2v) is 14.8. The number of phosphoric acid groups is 1. The van der Waals surface area contributed by atoms with Crippen LogP contribution >= 0.6 is 7.82 Å². The number of esters is 2. The van der Waals surface area contributed by atoms with Crippen LogP contribution in [-0.2, 0) is 32.7 Å². The van der Waals surface area contributed by atoms with Crippen molar-refractivity contribution in [2.24, 2.45) is 5.73 Å². The average Bonchev–Trinajstić information content (AvgIpc) is 3.09. The number of allylic oxidation sites excluding steroid dienone is 3. The summed E-state index contributed by atoms with van der Waals surface area (Å²) in [4.78, 5) is 34.7. The van der Waals surface area contributed by atoms with Crippen LogP contribution in [0.25, 0.3) is 0 Å². The zero-order valence-corrected chi connectivity index (χ0v) is 32.6. The Balaban J connectivity index is 4.27. The number of ether oxygens (including phenoxy) is 2. The Bertz CT molecular complexity index is 899. The fraction of sp³-hybridized carbons (Fsp3) is 0.846. The standard InChI is InChI=1S/C39H74NO9P/c1-3-5-7-8-9-10-11-12-13-16-19-22-26-30-38(42)46-34-37(35-48-50(44,45)47-33-32-40)49-39(43)31-27-23-20-17-14-15-18-21-25-29-36(41)28-24-6-4-2/h18,21,25,29,36-37,41H,3-17,19-20,22-24,26-28,30-35,40H2,1-2H3,(H,44,45)/b21-18-,29-25+. The molecule has 0 saturated carbocycles. The van der Waals surface area contributed by atoms with E-state index in [1.807, 2.05) is 18.2 Å². The Morgan fingerprint density at radius 2 is 1.20 bits per heavy atom. The van der Waals surface area contributed by atoms with Crippen LogP contribution in [0, 0.1) is 0 Å². The lowest BCUT2D eigenvalue weighted by Gasteiger charge is -2.19. The zero-order chi connectivity index (χ0) is 37.0. The molecule has 0 heterocycles. The molecule has 0 aromatic carbocycles. The summed E-state index contributed by atoms with van der Waals surface area (Å²) in [6.45, 7) is 3.56. The predicted molar refractivity (Wildman–Crippen MR) is 203 cm³/mol. The number of carbonyl (C=O) groups is 2. The predicted octanol–water partition coefficient (Wildman–Crippen LogP) is 9.80. The lowest BCUT2D eigenvalue weighted by atomic mass is 10.0. The van der Waals surface area contributed by atoms with Gasteiger partial charge in [-0.05, 0) is 32.1 Å². The Hall–Kier alpha value is -1.55. The number of aliphatic hydroxyl groups excluding tert-OH is 1. The van der Waals surface area contributed by atoms with Crippen molar-refractivity contribution >= 4 is 19.8 Å². The van der Waals surface area contributed by atoms with Crippen LogP contribution in [0.2, 0.25) is 0 Å². The van der Waals surface area contributed by atoms with Crippen LogP contribution in [0.1, 0.15) is 174 Å². The molecule has 0 aliphatic rings. The number of hydrogen-bond acceptors (Lipinski definition) is 9. The summed E-state index contributed by atoms with van der Waals surface area (Å²) < 4.78 is 32.6. The Morgan fingerprint density at radius 1 is 0.680 bits per heavy atom. The van der Waals surface area contributed by atoms with Gasteiger partial charge in [-0.25, -0.2) is 4.57 Å². The minimum atomic E-state index is -4.39. The van der Waals surface area contributed by atoms with Crippen molar-refractivity contribution in [2.45, 2.75) is 187 Å². The molecule has 10 nitrogen and oxygen atoms in total. The van der Waals surface area contributed by atoms with E-state index in [4.69, 9.17) is 24.3 Å². The quantitative estimate of drug-likeness (QED) is 0.0243. The van der Waals surface area contributed by atoms with Crippen LogP contribution in [0.5, 0.6) is 0 Å². The van der Waals surface area contributed by atoms with Gasteiger partial charge in [0.1, 0.15) is 6.61 Å². The molecule has 0 aromatic heterocycles. The molecular weight excluding hydrogens is 657 g/mol. The first-order chi connectivity index (χ1) is 24.2. The van der Waals surface area contributed by atoms with E-state index in [2.05, 4.69) is 19.9 Å². The highest BCUT2D eigenvalue weighted by atomic mass is 31.2. The highest BCUT2D eigenvalue weighted by Crippen LogP contribution is 2.43. The van der Waals surface area contributed by atoms with E-state index in [9.17, 15) is 24.2 Å². The number of carbonyl (C=O) groups excluding carboxylic acids is 2. The third-order valence-electron chi connectivity index (χ3n) is 8.44. The van der Waals surface area contributed by atoms with Crippen molar-refractivity contribution in [3.63, 3.8) is 0 Å². The van der Waals surface area contributed by atoms with Crippen molar-refractivity contribution in [3.05, 3.63) is 24.3 Å². The second-order valence-electron chi connectivity index (χ2n) is 13.4. The molecule has 0 saturated heterocycles. The summed E-state index contributed by atoms with van der Waals surface area (Å²) >= 11 is 0. The third kappa shape index (κ3) is 34.9. The number of unbranched alkanes of at least 4 members (excludes halogenated alkanes) is 19. The molecule has 0 aliphatic heterocycles. The van der Waals surface area contributed by atoms with E-state index in [-0.39, 0.29) is 38.7 Å². The summed E-state index contributed by atoms with van der Waals surface area (Å²) in [5, 5.41) is 9.90. The van der Waals surface area contributed by atoms with Gasteiger partial charge in [0.05, 0.1) is 19.3 Å². The molecule has 3 atom stereocenters. The number of aliphatic hydroxyl groups is 1. The van der Waals surface area contributed by atoms with Crippen molar-refractivity contribution in [1.82, 2.24) is 0 Å². The van der Waals surface area contributed by atoms with Gasteiger partial charge in [0.2, 0.25) is 0 Å². The minimum Gasteiger partial charge on any atom is -0.462 e. The monoisotopic (exact) mass is 732 g/mol. The van der Waals surface area contributed by atoms with Crippen LogP contribution in [0.3, 0.4) is 0 Å². The lowest BCUT2D eigenvalue weighted by Crippen LogP contribution is -2.29. The fourth-order valence-electron chi connectivity index (χ4n) is 5.42. The number of rotatable bonds is 37. The maximum absolute atomic E-state index is 12.5. The number of hydrogen-bond donors (Lipinski definition) is 3. The molecule has 50 heavy (non-hydrogen) atoms. The molecule has 4 N–H and O–H groups in total. The van der Waals surface area contributed by atoms with Gasteiger partial charge in [0.15, 0.2) is 6.10 Å². The second kappa shape index (κ2) is 35.8. The van der Waals surface area contributed by atoms with E-state index in [1.54, 1.807) is 0 Å². The first-order valence-electron chi connectivity index (χ1n) is 19.9. The molecule has 0 aromatic rings. The molecule has 0 bridgehead atoms. The largest absolute Gasteiger partial charge is 0.472 e. The van der Waals surface area contributed by atoms with Gasteiger partial charge < -0.3 is 25.2 Å². The molecule has 294 valence electrons. The Labute approximate surface area is 304 Å². The van der Waals surface area contributed by atoms with E-state index >= 15 is 0 Å². The van der Waals surface area contributed by atoms with Gasteiger partial charge in [-0.3, -0.25) is 18.6 Å². The fourth-order valence-corrected chi connectivity index (χ4v) is 6.18. The summed E-state index contributed by atoms with van der Waals surface area (Å²) in [5.74, 6) is -0.875. The SMILES string of the molecule is CCCCCCCCCCCCCCCC(=O)OCC(COP(=O)(O)OCCN)OC(=O)CCCCCCC/C=C\C=C\C(O)CCCCC. The third-order valence-corrected chi connectivity index (χ3v) is 9.43. The Morgan fingerprint density at radius 3 is 1.78 bits per heavy atom. The molecule has 0 spiro atoms. The van der Waals surface area contributed by atoms with Gasteiger partial charge in [-0.1, -0.05) is 154 Å². The minimum absolute atomic E-state index is 0.0431. The maximum atomic E-state index is 12.5. The molecule has 0 rings (SSSR count). The first-order valence-corrected chi connectivity index (χ1v) is 21.4. The highest BCUT2D eigenvalue weighted by molar-refractivity contribution is 7.47.